The quantitative estimate of drug-likeness (QED) is 0.413. The van der Waals surface area contributed by atoms with Crippen molar-refractivity contribution in [1.82, 2.24) is 9.29 Å². The molecular formula is C28H37N3O6S. The zero-order chi connectivity index (χ0) is 26.9. The van der Waals surface area contributed by atoms with E-state index in [1.54, 1.807) is 56.7 Å². The summed E-state index contributed by atoms with van der Waals surface area (Å²) in [5, 5.41) is 12.5. The monoisotopic (exact) mass is 543 g/mol. The Morgan fingerprint density at radius 1 is 1.11 bits per heavy atom. The third-order valence-corrected chi connectivity index (χ3v) is 9.37. The lowest BCUT2D eigenvalue weighted by atomic mass is 9.94. The minimum absolute atomic E-state index is 0. The number of ether oxygens (including phenoxy) is 2. The number of aromatic nitrogens is 1. The molecule has 2 aromatic carbocycles. The summed E-state index contributed by atoms with van der Waals surface area (Å²) < 4.78 is 38.2. The van der Waals surface area contributed by atoms with E-state index in [9.17, 15) is 18.3 Å². The van der Waals surface area contributed by atoms with Gasteiger partial charge in [-0.1, -0.05) is 24.3 Å². The molecule has 2 heterocycles. The van der Waals surface area contributed by atoms with Gasteiger partial charge in [-0.3, -0.25) is 4.79 Å². The van der Waals surface area contributed by atoms with Crippen LogP contribution in [0.3, 0.4) is 0 Å². The largest absolute Gasteiger partial charge is 0.493 e. The van der Waals surface area contributed by atoms with Crippen molar-refractivity contribution in [3.63, 3.8) is 0 Å². The van der Waals surface area contributed by atoms with Crippen LogP contribution in [0.5, 0.6) is 11.5 Å². The van der Waals surface area contributed by atoms with Gasteiger partial charge in [0.2, 0.25) is 15.9 Å². The van der Waals surface area contributed by atoms with Gasteiger partial charge in [-0.05, 0) is 67.6 Å². The smallest absolute Gasteiger partial charge is 0.243 e. The lowest BCUT2D eigenvalue weighted by Crippen LogP contribution is -2.37. The molecule has 0 bridgehead atoms. The highest BCUT2D eigenvalue weighted by Crippen LogP contribution is 2.50. The minimum atomic E-state index is -3.69. The SMILES string of the molecule is COc1ccc(C2(C(=O)Nc3cccc(-c4ccc(S(=O)(=O)N5CCC[C@@H]5CO)cc4)n3)CC2)cc1OC.[HH].[HH].[HH]. The van der Waals surface area contributed by atoms with Gasteiger partial charge < -0.3 is 19.9 Å². The second-order valence-electron chi connectivity index (χ2n) is 9.63. The zero-order valence-electron chi connectivity index (χ0n) is 21.4. The molecule has 1 saturated carbocycles. The number of nitrogens with zero attached hydrogens (tertiary/aromatic N) is 2. The summed E-state index contributed by atoms with van der Waals surface area (Å²) >= 11 is 0. The predicted molar refractivity (Wildman–Crippen MR) is 149 cm³/mol. The summed E-state index contributed by atoms with van der Waals surface area (Å²) in [6.45, 7) is 0.219. The van der Waals surface area contributed by atoms with Crippen LogP contribution in [-0.2, 0) is 20.2 Å². The van der Waals surface area contributed by atoms with E-state index < -0.39 is 15.4 Å². The van der Waals surface area contributed by atoms with Crippen molar-refractivity contribution in [2.24, 2.45) is 0 Å². The Morgan fingerprint density at radius 2 is 1.84 bits per heavy atom. The number of hydrogen-bond donors (Lipinski definition) is 2. The Labute approximate surface area is 226 Å². The molecule has 0 unspecified atom stereocenters. The molecule has 1 aliphatic heterocycles. The van der Waals surface area contributed by atoms with Gasteiger partial charge in [0.25, 0.3) is 0 Å². The molecule has 10 heteroatoms. The van der Waals surface area contributed by atoms with Gasteiger partial charge >= 0.3 is 0 Å². The fraction of sp³-hybridized carbons (Fsp3) is 0.357. The van der Waals surface area contributed by atoms with Gasteiger partial charge in [0, 0.05) is 22.4 Å². The van der Waals surface area contributed by atoms with E-state index in [-0.39, 0.29) is 27.7 Å². The van der Waals surface area contributed by atoms with Crippen LogP contribution in [-0.4, -0.2) is 62.1 Å². The Morgan fingerprint density at radius 3 is 2.50 bits per heavy atom. The van der Waals surface area contributed by atoms with Gasteiger partial charge in [-0.2, -0.15) is 4.31 Å². The first-order valence-electron chi connectivity index (χ1n) is 12.6. The molecule has 0 radical (unpaired) electrons. The number of carbonyl (C=O) groups is 1. The maximum Gasteiger partial charge on any atom is 0.243 e. The van der Waals surface area contributed by atoms with Crippen LogP contribution in [0.25, 0.3) is 11.3 Å². The van der Waals surface area contributed by atoms with E-state index >= 15 is 0 Å². The number of carbonyl (C=O) groups excluding carboxylic acids is 1. The molecular weight excluding hydrogens is 506 g/mol. The first-order chi connectivity index (χ1) is 18.3. The van der Waals surface area contributed by atoms with E-state index in [0.717, 1.165) is 30.4 Å². The molecule has 1 amide bonds. The number of sulfonamides is 1. The number of aliphatic hydroxyl groups is 1. The maximum absolute atomic E-state index is 13.3. The van der Waals surface area contributed by atoms with Crippen LogP contribution in [0.4, 0.5) is 5.82 Å². The number of amides is 1. The highest BCUT2D eigenvalue weighted by Gasteiger charge is 2.51. The Bertz CT molecular complexity index is 1450. The van der Waals surface area contributed by atoms with Crippen LogP contribution in [0, 0.1) is 0 Å². The summed E-state index contributed by atoms with van der Waals surface area (Å²) in [5.74, 6) is 1.46. The van der Waals surface area contributed by atoms with Crippen molar-refractivity contribution in [1.29, 1.82) is 0 Å². The number of benzene rings is 2. The first kappa shape index (κ1) is 26.1. The molecule has 2 N–H and O–H groups in total. The topological polar surface area (TPSA) is 118 Å². The molecule has 5 rings (SSSR count). The summed E-state index contributed by atoms with van der Waals surface area (Å²) in [6, 6.07) is 17.0. The number of methoxy groups -OCH3 is 2. The summed E-state index contributed by atoms with van der Waals surface area (Å²) in [5.41, 5.74) is 1.55. The Balaban J connectivity index is 0.00000196. The van der Waals surface area contributed by atoms with Crippen LogP contribution >= 0.6 is 0 Å². The van der Waals surface area contributed by atoms with Crippen molar-refractivity contribution < 1.29 is 32.1 Å². The molecule has 1 aromatic heterocycles. The molecule has 1 saturated heterocycles. The van der Waals surface area contributed by atoms with Gasteiger partial charge in [0.1, 0.15) is 5.82 Å². The fourth-order valence-corrected chi connectivity index (χ4v) is 6.73. The molecule has 2 fully saturated rings. The third kappa shape index (κ3) is 4.75. The van der Waals surface area contributed by atoms with Crippen molar-refractivity contribution >= 4 is 21.7 Å². The molecule has 0 spiro atoms. The Kier molecular flexibility index (Phi) is 7.13. The highest BCUT2D eigenvalue weighted by atomic mass is 32.2. The van der Waals surface area contributed by atoms with Crippen molar-refractivity contribution in [3.05, 3.63) is 66.2 Å². The van der Waals surface area contributed by atoms with Crippen LogP contribution in [0.2, 0.25) is 0 Å². The fourth-order valence-electron chi connectivity index (χ4n) is 5.05. The molecule has 2 aliphatic rings. The lowest BCUT2D eigenvalue weighted by molar-refractivity contribution is -0.118. The minimum Gasteiger partial charge on any atom is -0.493 e. The second-order valence-corrected chi connectivity index (χ2v) is 11.5. The maximum atomic E-state index is 13.3. The first-order valence-corrected chi connectivity index (χ1v) is 14.0. The molecule has 206 valence electrons. The highest BCUT2D eigenvalue weighted by molar-refractivity contribution is 7.89. The summed E-state index contributed by atoms with van der Waals surface area (Å²) in [6.07, 6.45) is 2.83. The molecule has 1 atom stereocenters. The normalized spacial score (nSPS) is 18.7. The van der Waals surface area contributed by atoms with Gasteiger partial charge in [-0.25, -0.2) is 13.4 Å². The number of rotatable bonds is 9. The standard InChI is InChI=1S/C28H31N3O6S.3H2/c1-36-24-13-10-20(17-25(24)37-2)28(14-15-28)27(33)30-26-7-3-6-23(29-26)19-8-11-22(12-9-19)38(34,35)31-16-4-5-21(31)18-32;;;/h3,6-13,17,21,32H,4-5,14-16,18H2,1-2H3,(H,29,30,33);3*1H/t21-;;;/m1.../s1. The van der Waals surface area contributed by atoms with Gasteiger partial charge in [-0.15, -0.1) is 0 Å². The van der Waals surface area contributed by atoms with E-state index in [1.165, 1.54) is 4.31 Å². The number of nitrogens with one attached hydrogen (secondary N) is 1. The predicted octanol–water partition coefficient (Wildman–Crippen LogP) is 4.32. The van der Waals surface area contributed by atoms with E-state index in [0.29, 0.717) is 36.0 Å². The number of aliphatic hydroxyl groups excluding tert-OH is 1. The lowest BCUT2D eigenvalue weighted by Gasteiger charge is -2.22. The van der Waals surface area contributed by atoms with Crippen LogP contribution < -0.4 is 14.8 Å². The zero-order valence-corrected chi connectivity index (χ0v) is 22.2. The van der Waals surface area contributed by atoms with Gasteiger partial charge in [0.05, 0.1) is 36.8 Å². The van der Waals surface area contributed by atoms with Crippen molar-refractivity contribution in [3.8, 4) is 22.8 Å². The van der Waals surface area contributed by atoms with Crippen LogP contribution in [0.1, 0.15) is 35.5 Å². The Hall–Kier alpha value is -3.47. The summed E-state index contributed by atoms with van der Waals surface area (Å²) in [4.78, 5) is 18.1. The van der Waals surface area contributed by atoms with Crippen molar-refractivity contribution in [2.75, 3.05) is 32.7 Å². The molecule has 3 aromatic rings. The van der Waals surface area contributed by atoms with Crippen molar-refractivity contribution in [2.45, 2.75) is 42.0 Å². The average molecular weight is 544 g/mol. The molecule has 1 aliphatic carbocycles. The number of pyridine rings is 1. The molecule has 9 nitrogen and oxygen atoms in total. The van der Waals surface area contributed by atoms with E-state index in [4.69, 9.17) is 9.47 Å². The van der Waals surface area contributed by atoms with Crippen LogP contribution in [0.15, 0.2) is 65.6 Å². The van der Waals surface area contributed by atoms with E-state index in [1.807, 2.05) is 18.2 Å². The number of hydrogen-bond acceptors (Lipinski definition) is 7. The molecule has 38 heavy (non-hydrogen) atoms. The van der Waals surface area contributed by atoms with Gasteiger partial charge in [0.15, 0.2) is 11.5 Å². The summed E-state index contributed by atoms with van der Waals surface area (Å²) in [7, 11) is -0.551. The third-order valence-electron chi connectivity index (χ3n) is 7.40. The number of anilines is 1. The average Bonchev–Trinajstić information content (AvgIpc) is 3.62. The second kappa shape index (κ2) is 10.4. The van der Waals surface area contributed by atoms with E-state index in [2.05, 4.69) is 10.3 Å².